The summed E-state index contributed by atoms with van der Waals surface area (Å²) in [4.78, 5) is 22.8. The first kappa shape index (κ1) is 49.5. The van der Waals surface area contributed by atoms with Crippen molar-refractivity contribution in [2.24, 2.45) is 0 Å². The van der Waals surface area contributed by atoms with Crippen molar-refractivity contribution in [3.8, 4) is 0 Å². The van der Waals surface area contributed by atoms with E-state index in [4.69, 9.17) is 18.5 Å². The van der Waals surface area contributed by atoms with E-state index in [9.17, 15) is 14.3 Å². The molecule has 0 aromatic carbocycles. The molecule has 0 aromatic heterocycles. The summed E-state index contributed by atoms with van der Waals surface area (Å²) in [5, 5.41) is 0. The van der Waals surface area contributed by atoms with E-state index in [0.717, 1.165) is 70.6 Å². The van der Waals surface area contributed by atoms with Crippen LogP contribution in [0, 0.1) is 0 Å². The standard InChI is InChI=1S/C42H78NO7P/c1-6-8-10-12-14-16-18-19-20-21-22-23-24-25-26-27-29-31-33-35-42(44)50-41(40-49-51(45,46)48-38-36-43(3,4)5)39-47-37-34-32-30-28-17-15-13-11-9-7-2/h8,10,14,16,19-20,22-23,41H,6-7,9,11-13,15,17-18,21,24-40H2,1-5H3/p+1/b10-8-,16-14-,20-19-,23-22-. The molecule has 2 atom stereocenters. The highest BCUT2D eigenvalue weighted by atomic mass is 31.2. The van der Waals surface area contributed by atoms with Gasteiger partial charge in [-0.2, -0.15) is 0 Å². The van der Waals surface area contributed by atoms with Crippen LogP contribution in [0.3, 0.4) is 0 Å². The number of likely N-dealkylation sites (N-methyl/N-ethyl adjacent to an activating group) is 1. The Hall–Kier alpha value is -1.54. The maximum atomic E-state index is 12.6. The molecule has 0 radical (unpaired) electrons. The Morgan fingerprint density at radius 2 is 1.14 bits per heavy atom. The minimum atomic E-state index is -4.27. The zero-order valence-corrected chi connectivity index (χ0v) is 34.5. The van der Waals surface area contributed by atoms with Crippen molar-refractivity contribution < 1.29 is 37.3 Å². The van der Waals surface area contributed by atoms with Crippen LogP contribution in [-0.2, 0) is 27.9 Å². The van der Waals surface area contributed by atoms with Gasteiger partial charge in [0.25, 0.3) is 0 Å². The number of phosphoric ester groups is 1. The number of hydrogen-bond acceptors (Lipinski definition) is 6. The molecule has 0 bridgehead atoms. The van der Waals surface area contributed by atoms with Crippen molar-refractivity contribution in [1.29, 1.82) is 0 Å². The lowest BCUT2D eigenvalue weighted by molar-refractivity contribution is -0.870. The topological polar surface area (TPSA) is 91.3 Å². The van der Waals surface area contributed by atoms with Crippen LogP contribution in [0.15, 0.2) is 48.6 Å². The van der Waals surface area contributed by atoms with Crippen molar-refractivity contribution in [1.82, 2.24) is 0 Å². The summed E-state index contributed by atoms with van der Waals surface area (Å²) in [7, 11) is 1.65. The molecule has 0 spiro atoms. The summed E-state index contributed by atoms with van der Waals surface area (Å²) in [6, 6.07) is 0. The van der Waals surface area contributed by atoms with Gasteiger partial charge in [0, 0.05) is 13.0 Å². The normalized spacial score (nSPS) is 14.4. The summed E-state index contributed by atoms with van der Waals surface area (Å²) in [6.45, 7) is 5.47. The van der Waals surface area contributed by atoms with Crippen LogP contribution in [0.25, 0.3) is 0 Å². The first-order valence-corrected chi connectivity index (χ1v) is 21.9. The molecule has 0 rings (SSSR count). The molecule has 0 saturated carbocycles. The summed E-state index contributed by atoms with van der Waals surface area (Å²) in [6.07, 6.45) is 41.4. The molecule has 0 heterocycles. The number of carbonyl (C=O) groups excluding carboxylic acids is 1. The fourth-order valence-electron chi connectivity index (χ4n) is 5.25. The molecule has 1 N–H and O–H groups in total. The number of carbonyl (C=O) groups is 1. The maximum Gasteiger partial charge on any atom is 0.472 e. The molecule has 0 amide bonds. The summed E-state index contributed by atoms with van der Waals surface area (Å²) in [5.41, 5.74) is 0. The van der Waals surface area contributed by atoms with Gasteiger partial charge < -0.3 is 18.9 Å². The highest BCUT2D eigenvalue weighted by Gasteiger charge is 2.26. The van der Waals surface area contributed by atoms with E-state index in [1.807, 2.05) is 21.1 Å². The Bertz CT molecular complexity index is 957. The van der Waals surface area contributed by atoms with Gasteiger partial charge >= 0.3 is 13.8 Å². The highest BCUT2D eigenvalue weighted by molar-refractivity contribution is 7.47. The summed E-state index contributed by atoms with van der Waals surface area (Å²) in [5.74, 6) is -0.329. The van der Waals surface area contributed by atoms with Crippen molar-refractivity contribution in [2.75, 3.05) is 54.1 Å². The van der Waals surface area contributed by atoms with Crippen molar-refractivity contribution >= 4 is 13.8 Å². The number of nitrogens with zero attached hydrogens (tertiary/aromatic N) is 1. The fraction of sp³-hybridized carbons (Fsp3) is 0.786. The average molecular weight is 741 g/mol. The average Bonchev–Trinajstić information content (AvgIpc) is 3.08. The Labute approximate surface area is 314 Å². The van der Waals surface area contributed by atoms with E-state index in [0.29, 0.717) is 24.1 Å². The molecule has 0 aliphatic heterocycles. The molecule has 8 nitrogen and oxygen atoms in total. The second-order valence-corrected chi connectivity index (χ2v) is 16.1. The maximum absolute atomic E-state index is 12.6. The van der Waals surface area contributed by atoms with E-state index < -0.39 is 13.9 Å². The molecular weight excluding hydrogens is 661 g/mol. The van der Waals surface area contributed by atoms with Crippen molar-refractivity contribution in [3.05, 3.63) is 48.6 Å². The number of hydrogen-bond donors (Lipinski definition) is 1. The van der Waals surface area contributed by atoms with Crippen LogP contribution < -0.4 is 0 Å². The van der Waals surface area contributed by atoms with Crippen molar-refractivity contribution in [3.63, 3.8) is 0 Å². The molecule has 2 unspecified atom stereocenters. The third-order valence-corrected chi connectivity index (χ3v) is 9.39. The quantitative estimate of drug-likeness (QED) is 0.0223. The largest absolute Gasteiger partial charge is 0.472 e. The van der Waals surface area contributed by atoms with Gasteiger partial charge in [-0.05, 0) is 51.4 Å². The van der Waals surface area contributed by atoms with Gasteiger partial charge in [0.05, 0.1) is 34.4 Å². The molecule has 0 saturated heterocycles. The number of ether oxygens (including phenoxy) is 2. The van der Waals surface area contributed by atoms with Gasteiger partial charge in [0.15, 0.2) is 0 Å². The van der Waals surface area contributed by atoms with Crippen LogP contribution in [0.4, 0.5) is 0 Å². The van der Waals surface area contributed by atoms with E-state index >= 15 is 0 Å². The van der Waals surface area contributed by atoms with Crippen LogP contribution in [-0.4, -0.2) is 75.6 Å². The first-order valence-electron chi connectivity index (χ1n) is 20.4. The monoisotopic (exact) mass is 741 g/mol. The molecule has 51 heavy (non-hydrogen) atoms. The number of quaternary nitrogens is 1. The highest BCUT2D eigenvalue weighted by Crippen LogP contribution is 2.43. The fourth-order valence-corrected chi connectivity index (χ4v) is 5.99. The third kappa shape index (κ3) is 39.5. The van der Waals surface area contributed by atoms with Gasteiger partial charge in [-0.25, -0.2) is 4.57 Å². The smallest absolute Gasteiger partial charge is 0.457 e. The van der Waals surface area contributed by atoms with Crippen molar-refractivity contribution in [2.45, 2.75) is 161 Å². The molecule has 0 aliphatic rings. The van der Waals surface area contributed by atoms with Gasteiger partial charge in [0.1, 0.15) is 19.3 Å². The molecule has 0 aliphatic carbocycles. The van der Waals surface area contributed by atoms with E-state index in [2.05, 4.69) is 62.5 Å². The molecule has 298 valence electrons. The van der Waals surface area contributed by atoms with E-state index in [1.165, 1.54) is 64.2 Å². The number of phosphoric acid groups is 1. The second kappa shape index (κ2) is 35.5. The Kier molecular flexibility index (Phi) is 34.4. The van der Waals surface area contributed by atoms with Gasteiger partial charge in [0.2, 0.25) is 0 Å². The summed E-state index contributed by atoms with van der Waals surface area (Å²) < 4.78 is 34.9. The van der Waals surface area contributed by atoms with Crippen LogP contribution >= 0.6 is 7.82 Å². The zero-order valence-electron chi connectivity index (χ0n) is 33.6. The van der Waals surface area contributed by atoms with Gasteiger partial charge in [-0.1, -0.05) is 146 Å². The first-order chi connectivity index (χ1) is 24.6. The van der Waals surface area contributed by atoms with Crippen LogP contribution in [0.5, 0.6) is 0 Å². The second-order valence-electron chi connectivity index (χ2n) is 14.6. The molecule has 0 aromatic rings. The lowest BCUT2D eigenvalue weighted by Crippen LogP contribution is -2.37. The number of unbranched alkanes of at least 4 members (excludes halogenated alkanes) is 15. The van der Waals surface area contributed by atoms with Gasteiger partial charge in [-0.15, -0.1) is 0 Å². The zero-order chi connectivity index (χ0) is 37.7. The minimum absolute atomic E-state index is 0.0847. The lowest BCUT2D eigenvalue weighted by atomic mass is 10.1. The Morgan fingerprint density at radius 3 is 1.71 bits per heavy atom. The van der Waals surface area contributed by atoms with Crippen LogP contribution in [0.2, 0.25) is 0 Å². The molecule has 9 heteroatoms. The molecule has 0 fully saturated rings. The van der Waals surface area contributed by atoms with Crippen LogP contribution in [0.1, 0.15) is 155 Å². The van der Waals surface area contributed by atoms with E-state index in [1.54, 1.807) is 0 Å². The Balaban J connectivity index is 4.26. The SMILES string of the molecule is CC/C=C\C/C=C\C/C=C\C/C=C\CCCCCCCCC(=O)OC(COCCCCCCCCCCCC)COP(=O)(O)OCC[N+](C)(C)C. The number of rotatable bonds is 37. The third-order valence-electron chi connectivity index (χ3n) is 8.40. The Morgan fingerprint density at radius 1 is 0.627 bits per heavy atom. The predicted octanol–water partition coefficient (Wildman–Crippen LogP) is 11.6. The lowest BCUT2D eigenvalue weighted by Gasteiger charge is -2.24. The number of allylic oxidation sites excluding steroid dienone is 8. The minimum Gasteiger partial charge on any atom is -0.457 e. The summed E-state index contributed by atoms with van der Waals surface area (Å²) >= 11 is 0. The van der Waals surface area contributed by atoms with E-state index in [-0.39, 0.29) is 25.8 Å². The van der Waals surface area contributed by atoms with Gasteiger partial charge in [-0.3, -0.25) is 13.8 Å². The predicted molar refractivity (Wildman–Crippen MR) is 215 cm³/mol. The molecular formula is C42H79NO7P+. The number of esters is 1.